The number of nitrogens with one attached hydrogen (secondary N) is 2. The quantitative estimate of drug-likeness (QED) is 0.131. The lowest BCUT2D eigenvalue weighted by Gasteiger charge is -2.24. The number of rotatable bonds is 16. The molecule has 3 atom stereocenters. The predicted molar refractivity (Wildman–Crippen MR) is 164 cm³/mol. The monoisotopic (exact) mass is 568 g/mol. The smallest absolute Gasteiger partial charge is 0.224 e. The van der Waals surface area contributed by atoms with E-state index in [-0.39, 0.29) is 18.2 Å². The van der Waals surface area contributed by atoms with E-state index in [1.165, 1.54) is 6.33 Å². The summed E-state index contributed by atoms with van der Waals surface area (Å²) in [5, 5.41) is 5.14. The maximum atomic E-state index is 13.8. The summed E-state index contributed by atoms with van der Waals surface area (Å²) in [6, 6.07) is 21.8. The normalized spacial score (nSPS) is 13.4. The van der Waals surface area contributed by atoms with Crippen LogP contribution >= 0.6 is 0 Å². The number of para-hydroxylation sites is 1. The van der Waals surface area contributed by atoms with Crippen molar-refractivity contribution < 1.29 is 19.1 Å². The van der Waals surface area contributed by atoms with Crippen molar-refractivity contribution in [3.63, 3.8) is 0 Å². The molecule has 1 unspecified atom stereocenters. The van der Waals surface area contributed by atoms with Crippen LogP contribution in [-0.2, 0) is 27.2 Å². The van der Waals surface area contributed by atoms with Crippen LogP contribution < -0.4 is 15.8 Å². The first-order chi connectivity index (χ1) is 20.3. The van der Waals surface area contributed by atoms with E-state index in [0.29, 0.717) is 38.0 Å². The van der Waals surface area contributed by atoms with E-state index >= 15 is 0 Å². The molecular formula is C34H40N4O4. The second-order valence-electron chi connectivity index (χ2n) is 11.1. The van der Waals surface area contributed by atoms with Gasteiger partial charge in [0.15, 0.2) is 0 Å². The summed E-state index contributed by atoms with van der Waals surface area (Å²) >= 11 is 0. The Bertz CT molecular complexity index is 1450. The van der Waals surface area contributed by atoms with Gasteiger partial charge in [0, 0.05) is 24.2 Å². The van der Waals surface area contributed by atoms with Crippen LogP contribution in [0.25, 0.3) is 10.8 Å². The molecule has 8 heteroatoms. The standard InChI is InChI=1S/C34H40N4O4/c1-23(2)18-31(33(40)32(39)30(35)20-27-21-36-22-37-27)38-34(41)26(13-9-17-42-28-14-4-3-5-15-28)19-25-12-8-11-24-10-6-7-16-29(24)25/h3-8,10-12,14-16,21-23,26,30-31H,9,13,17-20,35H2,1-2H3,(H,36,37)(H,38,41)/t26?,30-,31-/m0/s1. The fourth-order valence-corrected chi connectivity index (χ4v) is 5.17. The average Bonchev–Trinajstić information content (AvgIpc) is 3.51. The zero-order valence-corrected chi connectivity index (χ0v) is 24.3. The van der Waals surface area contributed by atoms with E-state index in [1.807, 2.05) is 68.4 Å². The Morgan fingerprint density at radius 2 is 1.67 bits per heavy atom. The highest BCUT2D eigenvalue weighted by molar-refractivity contribution is 6.41. The number of nitrogens with zero attached hydrogens (tertiary/aromatic N) is 1. The number of H-pyrrole nitrogens is 1. The number of fused-ring (bicyclic) bond motifs is 1. The number of carbonyl (C=O) groups is 3. The van der Waals surface area contributed by atoms with Crippen LogP contribution in [0.15, 0.2) is 85.3 Å². The summed E-state index contributed by atoms with van der Waals surface area (Å²) in [4.78, 5) is 47.1. The molecule has 0 aliphatic rings. The molecule has 220 valence electrons. The van der Waals surface area contributed by atoms with Gasteiger partial charge in [-0.25, -0.2) is 4.98 Å². The number of Topliss-reactive ketones (excluding diaryl/α,β-unsaturated/α-hetero) is 2. The largest absolute Gasteiger partial charge is 0.494 e. The van der Waals surface area contributed by atoms with Gasteiger partial charge in [0.2, 0.25) is 17.5 Å². The number of amides is 1. The lowest BCUT2D eigenvalue weighted by molar-refractivity contribution is -0.140. The first kappa shape index (κ1) is 30.7. The van der Waals surface area contributed by atoms with Crippen molar-refractivity contribution >= 4 is 28.2 Å². The highest BCUT2D eigenvalue weighted by Gasteiger charge is 2.33. The van der Waals surface area contributed by atoms with Crippen molar-refractivity contribution in [3.8, 4) is 5.75 Å². The number of ketones is 2. The van der Waals surface area contributed by atoms with Crippen LogP contribution in [0, 0.1) is 11.8 Å². The SMILES string of the molecule is CC(C)C[C@H](NC(=O)C(CCCOc1ccccc1)Cc1cccc2ccccc12)C(=O)C(=O)[C@@H](N)Cc1cnc[nH]1. The van der Waals surface area contributed by atoms with Crippen LogP contribution in [-0.4, -0.2) is 46.1 Å². The number of benzene rings is 3. The summed E-state index contributed by atoms with van der Waals surface area (Å²) in [7, 11) is 0. The number of carbonyl (C=O) groups excluding carboxylic acids is 3. The van der Waals surface area contributed by atoms with Gasteiger partial charge in [-0.15, -0.1) is 0 Å². The minimum Gasteiger partial charge on any atom is -0.494 e. The Labute approximate surface area is 247 Å². The van der Waals surface area contributed by atoms with Gasteiger partial charge in [-0.2, -0.15) is 0 Å². The molecule has 4 rings (SSSR count). The number of imidazole rings is 1. The van der Waals surface area contributed by atoms with Gasteiger partial charge in [0.25, 0.3) is 0 Å². The highest BCUT2D eigenvalue weighted by atomic mass is 16.5. The molecule has 0 bridgehead atoms. The minimum atomic E-state index is -1.02. The van der Waals surface area contributed by atoms with Gasteiger partial charge < -0.3 is 20.8 Å². The second-order valence-corrected chi connectivity index (χ2v) is 11.1. The van der Waals surface area contributed by atoms with Gasteiger partial charge in [-0.05, 0) is 60.1 Å². The molecule has 3 aromatic carbocycles. The summed E-state index contributed by atoms with van der Waals surface area (Å²) < 4.78 is 5.88. The lowest BCUT2D eigenvalue weighted by atomic mass is 9.89. The molecule has 1 aromatic heterocycles. The van der Waals surface area contributed by atoms with Gasteiger partial charge in [-0.1, -0.05) is 74.5 Å². The number of nitrogens with two attached hydrogens (primary N) is 1. The van der Waals surface area contributed by atoms with Crippen molar-refractivity contribution in [1.29, 1.82) is 0 Å². The number of aromatic nitrogens is 2. The number of aromatic amines is 1. The number of hydrogen-bond acceptors (Lipinski definition) is 6. The van der Waals surface area contributed by atoms with Crippen molar-refractivity contribution in [2.24, 2.45) is 17.6 Å². The van der Waals surface area contributed by atoms with E-state index < -0.39 is 29.6 Å². The second kappa shape index (κ2) is 15.1. The Morgan fingerprint density at radius 3 is 2.40 bits per heavy atom. The summed E-state index contributed by atoms with van der Waals surface area (Å²) in [6.45, 7) is 4.37. The zero-order valence-electron chi connectivity index (χ0n) is 24.3. The Hall–Kier alpha value is -4.30. The topological polar surface area (TPSA) is 127 Å². The fourth-order valence-electron chi connectivity index (χ4n) is 5.17. The first-order valence-corrected chi connectivity index (χ1v) is 14.6. The van der Waals surface area contributed by atoms with Crippen molar-refractivity contribution in [3.05, 3.63) is 96.6 Å². The van der Waals surface area contributed by atoms with Crippen molar-refractivity contribution in [2.45, 2.75) is 58.0 Å². The maximum Gasteiger partial charge on any atom is 0.224 e. The molecule has 0 saturated carbocycles. The molecule has 1 amide bonds. The molecule has 8 nitrogen and oxygen atoms in total. The molecule has 0 radical (unpaired) electrons. The van der Waals surface area contributed by atoms with Gasteiger partial charge in [0.1, 0.15) is 5.75 Å². The first-order valence-electron chi connectivity index (χ1n) is 14.6. The molecule has 0 aliphatic carbocycles. The summed E-state index contributed by atoms with van der Waals surface area (Å²) in [5.41, 5.74) is 7.83. The molecule has 0 spiro atoms. The van der Waals surface area contributed by atoms with Crippen LogP contribution in [0.5, 0.6) is 5.75 Å². The van der Waals surface area contributed by atoms with E-state index in [0.717, 1.165) is 22.1 Å². The zero-order chi connectivity index (χ0) is 29.9. The molecule has 4 aromatic rings. The van der Waals surface area contributed by atoms with Crippen LogP contribution in [0.4, 0.5) is 0 Å². The Balaban J connectivity index is 1.49. The van der Waals surface area contributed by atoms with Crippen LogP contribution in [0.3, 0.4) is 0 Å². The highest BCUT2D eigenvalue weighted by Crippen LogP contribution is 2.24. The van der Waals surface area contributed by atoms with Crippen molar-refractivity contribution in [2.75, 3.05) is 6.61 Å². The van der Waals surface area contributed by atoms with E-state index in [4.69, 9.17) is 10.5 Å². The lowest BCUT2D eigenvalue weighted by Crippen LogP contribution is -2.51. The Morgan fingerprint density at radius 1 is 0.929 bits per heavy atom. The van der Waals surface area contributed by atoms with Gasteiger partial charge in [-0.3, -0.25) is 14.4 Å². The number of ether oxygens (including phenoxy) is 1. The van der Waals surface area contributed by atoms with E-state index in [1.54, 1.807) is 6.20 Å². The van der Waals surface area contributed by atoms with Crippen molar-refractivity contribution in [1.82, 2.24) is 15.3 Å². The average molecular weight is 569 g/mol. The third-order valence-electron chi connectivity index (χ3n) is 7.34. The fraction of sp³-hybridized carbons (Fsp3) is 0.353. The van der Waals surface area contributed by atoms with Crippen LogP contribution in [0.1, 0.15) is 44.4 Å². The predicted octanol–water partition coefficient (Wildman–Crippen LogP) is 4.82. The van der Waals surface area contributed by atoms with Crippen LogP contribution in [0.2, 0.25) is 0 Å². The molecule has 1 heterocycles. The molecular weight excluding hydrogens is 528 g/mol. The van der Waals surface area contributed by atoms with E-state index in [2.05, 4.69) is 33.5 Å². The van der Waals surface area contributed by atoms with E-state index in [9.17, 15) is 14.4 Å². The third kappa shape index (κ3) is 8.60. The molecule has 0 saturated heterocycles. The molecule has 42 heavy (non-hydrogen) atoms. The maximum absolute atomic E-state index is 13.8. The summed E-state index contributed by atoms with van der Waals surface area (Å²) in [5.74, 6) is -1.19. The van der Waals surface area contributed by atoms with Gasteiger partial charge >= 0.3 is 0 Å². The molecule has 0 aliphatic heterocycles. The Kier molecular flexibility index (Phi) is 11.0. The third-order valence-corrected chi connectivity index (χ3v) is 7.34. The minimum absolute atomic E-state index is 0.0756. The molecule has 4 N–H and O–H groups in total. The van der Waals surface area contributed by atoms with Gasteiger partial charge in [0.05, 0.1) is 25.0 Å². The summed E-state index contributed by atoms with van der Waals surface area (Å²) in [6.07, 6.45) is 5.27. The number of hydrogen-bond donors (Lipinski definition) is 3. The molecule has 0 fully saturated rings.